The van der Waals surface area contributed by atoms with Crippen LogP contribution in [-0.4, -0.2) is 28.1 Å². The van der Waals surface area contributed by atoms with Crippen molar-refractivity contribution >= 4 is 17.1 Å². The van der Waals surface area contributed by atoms with Gasteiger partial charge in [-0.1, -0.05) is 0 Å². The molecule has 80 valence electrons. The fourth-order valence-electron chi connectivity index (χ4n) is 1.63. The van der Waals surface area contributed by atoms with Gasteiger partial charge in [0.15, 0.2) is 5.65 Å². The van der Waals surface area contributed by atoms with Gasteiger partial charge in [-0.15, -0.1) is 0 Å². The number of pyridine rings is 1. The van der Waals surface area contributed by atoms with Crippen LogP contribution in [0.3, 0.4) is 0 Å². The third-order valence-corrected chi connectivity index (χ3v) is 2.36. The number of aryl methyl sites for hydroxylation is 1. The molecule has 0 aromatic carbocycles. The van der Waals surface area contributed by atoms with Crippen LogP contribution in [0.1, 0.15) is 6.42 Å². The number of nitrogens with two attached hydrogens (primary N) is 1. The number of nitrogens with zero attached hydrogens (tertiary/aromatic N) is 3. The molecule has 0 aliphatic carbocycles. The molecule has 0 amide bonds. The second-order valence-corrected chi connectivity index (χ2v) is 3.42. The number of anilines is 1. The van der Waals surface area contributed by atoms with Gasteiger partial charge in [0.25, 0.3) is 0 Å². The number of imidazole rings is 1. The molecule has 5 nitrogen and oxygen atoms in total. The van der Waals surface area contributed by atoms with E-state index in [-0.39, 0.29) is 0 Å². The lowest BCUT2D eigenvalue weighted by Crippen LogP contribution is -2.12. The van der Waals surface area contributed by atoms with E-state index in [4.69, 9.17) is 5.73 Å². The average molecular weight is 205 g/mol. The fraction of sp³-hybridized carbons (Fsp3) is 0.400. The largest absolute Gasteiger partial charge is 0.369 e. The minimum absolute atomic E-state index is 0.541. The molecule has 2 aromatic heterocycles. The van der Waals surface area contributed by atoms with Crippen molar-refractivity contribution in [2.45, 2.75) is 13.0 Å². The van der Waals surface area contributed by atoms with Crippen molar-refractivity contribution in [1.29, 1.82) is 0 Å². The topological polar surface area (TPSA) is 68.8 Å². The van der Waals surface area contributed by atoms with Crippen LogP contribution in [0, 0.1) is 0 Å². The summed E-state index contributed by atoms with van der Waals surface area (Å²) < 4.78 is 2.00. The summed E-state index contributed by atoms with van der Waals surface area (Å²) in [5.74, 6) is 0.541. The second kappa shape index (κ2) is 4.27. The van der Waals surface area contributed by atoms with Crippen molar-refractivity contribution in [3.8, 4) is 0 Å². The molecule has 2 aromatic rings. The molecule has 15 heavy (non-hydrogen) atoms. The van der Waals surface area contributed by atoms with Crippen molar-refractivity contribution in [2.75, 3.05) is 19.3 Å². The first kappa shape index (κ1) is 9.92. The van der Waals surface area contributed by atoms with E-state index >= 15 is 0 Å². The molecule has 0 bridgehead atoms. The van der Waals surface area contributed by atoms with Crippen LogP contribution in [-0.2, 0) is 6.54 Å². The van der Waals surface area contributed by atoms with Gasteiger partial charge in [-0.25, -0.2) is 4.98 Å². The molecule has 2 rings (SSSR count). The Morgan fingerprint density at radius 1 is 1.53 bits per heavy atom. The Morgan fingerprint density at radius 3 is 3.20 bits per heavy atom. The molecule has 0 aliphatic heterocycles. The van der Waals surface area contributed by atoms with Crippen molar-refractivity contribution in [1.82, 2.24) is 19.9 Å². The molecule has 0 aliphatic rings. The monoisotopic (exact) mass is 205 g/mol. The third kappa shape index (κ3) is 1.92. The zero-order valence-corrected chi connectivity index (χ0v) is 8.77. The van der Waals surface area contributed by atoms with E-state index in [1.807, 2.05) is 23.7 Å². The van der Waals surface area contributed by atoms with Crippen LogP contribution in [0.4, 0.5) is 5.95 Å². The Balaban J connectivity index is 2.28. The molecule has 0 unspecified atom stereocenters. The van der Waals surface area contributed by atoms with Crippen molar-refractivity contribution < 1.29 is 0 Å². The smallest absolute Gasteiger partial charge is 0.202 e. The molecule has 2 heterocycles. The lowest BCUT2D eigenvalue weighted by molar-refractivity contribution is 0.629. The molecule has 0 atom stereocenters. The van der Waals surface area contributed by atoms with Gasteiger partial charge in [-0.05, 0) is 32.1 Å². The second-order valence-electron chi connectivity index (χ2n) is 3.42. The molecule has 0 spiro atoms. The van der Waals surface area contributed by atoms with Crippen LogP contribution in [0.25, 0.3) is 11.2 Å². The zero-order chi connectivity index (χ0) is 10.7. The molecule has 0 fully saturated rings. The van der Waals surface area contributed by atoms with E-state index in [2.05, 4.69) is 15.3 Å². The maximum atomic E-state index is 5.83. The number of hydrogen-bond donors (Lipinski definition) is 2. The Morgan fingerprint density at radius 2 is 2.40 bits per heavy atom. The average Bonchev–Trinajstić information content (AvgIpc) is 2.56. The molecule has 0 saturated carbocycles. The van der Waals surface area contributed by atoms with Crippen LogP contribution in [0.15, 0.2) is 18.3 Å². The maximum Gasteiger partial charge on any atom is 0.202 e. The van der Waals surface area contributed by atoms with Crippen LogP contribution in [0.2, 0.25) is 0 Å². The number of hydrogen-bond acceptors (Lipinski definition) is 4. The highest BCUT2D eigenvalue weighted by atomic mass is 15.2. The Kier molecular flexibility index (Phi) is 2.82. The predicted molar refractivity (Wildman–Crippen MR) is 60.5 cm³/mol. The summed E-state index contributed by atoms with van der Waals surface area (Å²) in [6.45, 7) is 1.84. The number of aromatic nitrogens is 3. The van der Waals surface area contributed by atoms with Gasteiger partial charge in [0.1, 0.15) is 0 Å². The first-order valence-electron chi connectivity index (χ1n) is 5.04. The lowest BCUT2D eigenvalue weighted by Gasteiger charge is -2.05. The summed E-state index contributed by atoms with van der Waals surface area (Å²) >= 11 is 0. The summed E-state index contributed by atoms with van der Waals surface area (Å²) in [5.41, 5.74) is 7.55. The quantitative estimate of drug-likeness (QED) is 0.718. The molecule has 0 radical (unpaired) electrons. The fourth-order valence-corrected chi connectivity index (χ4v) is 1.63. The van der Waals surface area contributed by atoms with Gasteiger partial charge < -0.3 is 15.6 Å². The first-order valence-corrected chi connectivity index (χ1v) is 5.04. The minimum atomic E-state index is 0.541. The molecule has 3 N–H and O–H groups in total. The number of nitrogen functional groups attached to an aromatic ring is 1. The molecule has 5 heteroatoms. The zero-order valence-electron chi connectivity index (χ0n) is 8.77. The minimum Gasteiger partial charge on any atom is -0.369 e. The molecular formula is C10H15N5. The van der Waals surface area contributed by atoms with Crippen molar-refractivity contribution in [3.05, 3.63) is 18.3 Å². The maximum absolute atomic E-state index is 5.83. The summed E-state index contributed by atoms with van der Waals surface area (Å²) in [6.07, 6.45) is 2.76. The normalized spacial score (nSPS) is 11.0. The SMILES string of the molecule is CNCCCn1c(N)nc2ncccc21. The molecular weight excluding hydrogens is 190 g/mol. The molecule has 0 saturated heterocycles. The third-order valence-electron chi connectivity index (χ3n) is 2.36. The summed E-state index contributed by atoms with van der Waals surface area (Å²) in [4.78, 5) is 8.36. The van der Waals surface area contributed by atoms with E-state index in [1.165, 1.54) is 0 Å². The van der Waals surface area contributed by atoms with Gasteiger partial charge in [-0.2, -0.15) is 4.98 Å². The Bertz CT molecular complexity index is 448. The summed E-state index contributed by atoms with van der Waals surface area (Å²) in [6, 6.07) is 3.89. The van der Waals surface area contributed by atoms with Gasteiger partial charge in [0.2, 0.25) is 5.95 Å². The van der Waals surface area contributed by atoms with Crippen molar-refractivity contribution in [3.63, 3.8) is 0 Å². The highest BCUT2D eigenvalue weighted by Gasteiger charge is 2.07. The van der Waals surface area contributed by atoms with Gasteiger partial charge in [0, 0.05) is 12.7 Å². The Hall–Kier alpha value is -1.62. The highest BCUT2D eigenvalue weighted by molar-refractivity contribution is 5.73. The summed E-state index contributed by atoms with van der Waals surface area (Å²) in [7, 11) is 1.94. The predicted octanol–water partition coefficient (Wildman–Crippen LogP) is 0.623. The van der Waals surface area contributed by atoms with Crippen LogP contribution in [0.5, 0.6) is 0 Å². The number of rotatable bonds is 4. The standard InChI is InChI=1S/C10H15N5/c1-12-5-3-7-15-8-4-2-6-13-9(8)14-10(15)11/h2,4,6,12H,3,5,7H2,1H3,(H2,11,13,14). The lowest BCUT2D eigenvalue weighted by atomic mass is 10.4. The first-order chi connectivity index (χ1) is 7.33. The van der Waals surface area contributed by atoms with E-state index in [0.717, 1.165) is 30.7 Å². The number of nitrogens with one attached hydrogen (secondary N) is 1. The Labute approximate surface area is 88.3 Å². The van der Waals surface area contributed by atoms with Gasteiger partial charge in [-0.3, -0.25) is 0 Å². The highest BCUT2D eigenvalue weighted by Crippen LogP contribution is 2.15. The van der Waals surface area contributed by atoms with E-state index in [9.17, 15) is 0 Å². The van der Waals surface area contributed by atoms with Gasteiger partial charge in [0.05, 0.1) is 5.52 Å². The van der Waals surface area contributed by atoms with E-state index in [0.29, 0.717) is 5.95 Å². The van der Waals surface area contributed by atoms with Gasteiger partial charge >= 0.3 is 0 Å². The summed E-state index contributed by atoms with van der Waals surface area (Å²) in [5, 5.41) is 3.11. The number of fused-ring (bicyclic) bond motifs is 1. The van der Waals surface area contributed by atoms with Crippen LogP contribution < -0.4 is 11.1 Å². The van der Waals surface area contributed by atoms with E-state index < -0.39 is 0 Å². The van der Waals surface area contributed by atoms with Crippen molar-refractivity contribution in [2.24, 2.45) is 0 Å². The van der Waals surface area contributed by atoms with E-state index in [1.54, 1.807) is 6.20 Å². The van der Waals surface area contributed by atoms with Crippen LogP contribution >= 0.6 is 0 Å².